The smallest absolute Gasteiger partial charge is 0.0994 e. The van der Waals surface area contributed by atoms with E-state index in [2.05, 4.69) is 38.9 Å². The summed E-state index contributed by atoms with van der Waals surface area (Å²) in [5, 5.41) is 4.61. The molecule has 1 aromatic carbocycles. The Morgan fingerprint density at radius 3 is 3.00 bits per heavy atom. The molecule has 3 heterocycles. The van der Waals surface area contributed by atoms with Gasteiger partial charge in [-0.3, -0.25) is 4.98 Å². The molecule has 1 saturated heterocycles. The number of para-hydroxylation sites is 1. The maximum atomic E-state index is 4.56. The van der Waals surface area contributed by atoms with Crippen molar-refractivity contribution in [2.45, 2.75) is 18.8 Å². The van der Waals surface area contributed by atoms with E-state index < -0.39 is 0 Å². The van der Waals surface area contributed by atoms with Crippen molar-refractivity contribution in [1.82, 2.24) is 19.9 Å². The first-order valence-electron chi connectivity index (χ1n) is 7.35. The van der Waals surface area contributed by atoms with Gasteiger partial charge in [-0.05, 0) is 25.1 Å². The molecule has 0 aliphatic carbocycles. The van der Waals surface area contributed by atoms with E-state index >= 15 is 0 Å². The zero-order valence-electron chi connectivity index (χ0n) is 12.1. The summed E-state index contributed by atoms with van der Waals surface area (Å²) in [5.74, 6) is 0. The fourth-order valence-electron chi connectivity index (χ4n) is 3.17. The van der Waals surface area contributed by atoms with E-state index in [9.17, 15) is 0 Å². The third-order valence-electron chi connectivity index (χ3n) is 4.48. The number of benzene rings is 1. The van der Waals surface area contributed by atoms with Gasteiger partial charge in [0.1, 0.15) is 0 Å². The molecule has 1 N–H and O–H groups in total. The van der Waals surface area contributed by atoms with Gasteiger partial charge in [0.15, 0.2) is 0 Å². The minimum Gasteiger partial charge on any atom is -0.316 e. The molecule has 4 nitrogen and oxygen atoms in total. The molecule has 3 aromatic rings. The van der Waals surface area contributed by atoms with E-state index in [1.54, 1.807) is 0 Å². The zero-order chi connectivity index (χ0) is 14.3. The van der Waals surface area contributed by atoms with Crippen LogP contribution in [0.3, 0.4) is 0 Å². The van der Waals surface area contributed by atoms with Crippen LogP contribution in [0.25, 0.3) is 16.6 Å². The van der Waals surface area contributed by atoms with E-state index in [1.165, 1.54) is 5.69 Å². The molecule has 21 heavy (non-hydrogen) atoms. The van der Waals surface area contributed by atoms with Crippen LogP contribution in [0.2, 0.25) is 0 Å². The number of nitrogens with one attached hydrogen (secondary N) is 1. The molecule has 0 saturated carbocycles. The summed E-state index contributed by atoms with van der Waals surface area (Å²) >= 11 is 0. The second-order valence-electron chi connectivity index (χ2n) is 6.02. The summed E-state index contributed by atoms with van der Waals surface area (Å²) in [5.41, 5.74) is 3.50. The molecular weight excluding hydrogens is 260 g/mol. The zero-order valence-corrected chi connectivity index (χ0v) is 12.1. The van der Waals surface area contributed by atoms with Crippen LogP contribution in [-0.2, 0) is 5.41 Å². The van der Waals surface area contributed by atoms with E-state index in [1.807, 2.05) is 36.9 Å². The average Bonchev–Trinajstić information content (AvgIpc) is 3.16. The van der Waals surface area contributed by atoms with Crippen molar-refractivity contribution in [1.29, 1.82) is 0 Å². The molecular formula is C17H18N4. The lowest BCUT2D eigenvalue weighted by Crippen LogP contribution is -2.27. The van der Waals surface area contributed by atoms with E-state index in [4.69, 9.17) is 0 Å². The van der Waals surface area contributed by atoms with Gasteiger partial charge >= 0.3 is 0 Å². The molecule has 4 heteroatoms. The topological polar surface area (TPSA) is 42.7 Å². The average molecular weight is 278 g/mol. The normalized spacial score (nSPS) is 22.0. The van der Waals surface area contributed by atoms with Gasteiger partial charge in [0.2, 0.25) is 0 Å². The standard InChI is InChI=1S/C17H18N4/c1-17(6-7-18-11-17)16-10-19-12-21(16)14-8-13-4-2-3-5-15(13)20-9-14/h2-5,8-10,12,18H,6-7,11H2,1H3. The molecule has 1 aliphatic rings. The molecule has 1 atom stereocenters. The van der Waals surface area contributed by atoms with Crippen LogP contribution >= 0.6 is 0 Å². The van der Waals surface area contributed by atoms with E-state index in [0.717, 1.165) is 36.1 Å². The first-order valence-corrected chi connectivity index (χ1v) is 7.35. The molecule has 0 amide bonds. The van der Waals surface area contributed by atoms with Gasteiger partial charge in [-0.25, -0.2) is 4.98 Å². The van der Waals surface area contributed by atoms with Crippen LogP contribution in [-0.4, -0.2) is 27.6 Å². The number of imidazole rings is 1. The number of hydrogen-bond acceptors (Lipinski definition) is 3. The Balaban J connectivity index is 1.84. The Morgan fingerprint density at radius 1 is 1.24 bits per heavy atom. The minimum atomic E-state index is 0.141. The highest BCUT2D eigenvalue weighted by Gasteiger charge is 2.33. The van der Waals surface area contributed by atoms with Gasteiger partial charge < -0.3 is 9.88 Å². The van der Waals surface area contributed by atoms with Crippen LogP contribution in [0, 0.1) is 0 Å². The monoisotopic (exact) mass is 278 g/mol. The van der Waals surface area contributed by atoms with Crippen LogP contribution in [0.4, 0.5) is 0 Å². The molecule has 4 rings (SSSR count). The SMILES string of the molecule is CC1(c2cncn2-c2cnc3ccccc3c2)CCNC1. The maximum absolute atomic E-state index is 4.56. The molecule has 1 fully saturated rings. The summed E-state index contributed by atoms with van der Waals surface area (Å²) in [6.07, 6.45) is 6.95. The number of nitrogens with zero attached hydrogens (tertiary/aromatic N) is 3. The highest BCUT2D eigenvalue weighted by atomic mass is 15.1. The lowest BCUT2D eigenvalue weighted by atomic mass is 9.86. The number of rotatable bonds is 2. The van der Waals surface area contributed by atoms with Gasteiger partial charge in [-0.15, -0.1) is 0 Å². The van der Waals surface area contributed by atoms with Gasteiger partial charge in [-0.1, -0.05) is 25.1 Å². The molecule has 1 aliphatic heterocycles. The Labute approximate surface area is 123 Å². The number of aromatic nitrogens is 3. The second-order valence-corrected chi connectivity index (χ2v) is 6.02. The van der Waals surface area contributed by atoms with Crippen LogP contribution < -0.4 is 5.32 Å². The first-order chi connectivity index (χ1) is 10.3. The third-order valence-corrected chi connectivity index (χ3v) is 4.48. The molecule has 2 aromatic heterocycles. The Morgan fingerprint density at radius 2 is 2.14 bits per heavy atom. The van der Waals surface area contributed by atoms with Gasteiger partial charge in [0, 0.05) is 29.2 Å². The number of hydrogen-bond donors (Lipinski definition) is 1. The number of fused-ring (bicyclic) bond motifs is 1. The molecule has 0 bridgehead atoms. The Kier molecular flexibility index (Phi) is 2.79. The Hall–Kier alpha value is -2.20. The van der Waals surface area contributed by atoms with Crippen molar-refractivity contribution >= 4 is 10.9 Å². The van der Waals surface area contributed by atoms with Crippen molar-refractivity contribution in [3.05, 3.63) is 54.7 Å². The van der Waals surface area contributed by atoms with Crippen LogP contribution in [0.1, 0.15) is 19.0 Å². The van der Waals surface area contributed by atoms with Gasteiger partial charge in [-0.2, -0.15) is 0 Å². The van der Waals surface area contributed by atoms with Crippen molar-refractivity contribution in [2.24, 2.45) is 0 Å². The van der Waals surface area contributed by atoms with Crippen molar-refractivity contribution in [2.75, 3.05) is 13.1 Å². The van der Waals surface area contributed by atoms with Gasteiger partial charge in [0.05, 0.1) is 23.7 Å². The fraction of sp³-hybridized carbons (Fsp3) is 0.294. The number of pyridine rings is 1. The molecule has 0 spiro atoms. The van der Waals surface area contributed by atoms with E-state index in [0.29, 0.717) is 0 Å². The predicted molar refractivity (Wildman–Crippen MR) is 83.7 cm³/mol. The second kappa shape index (κ2) is 4.67. The fourth-order valence-corrected chi connectivity index (χ4v) is 3.17. The van der Waals surface area contributed by atoms with Crippen molar-refractivity contribution in [3.63, 3.8) is 0 Å². The quantitative estimate of drug-likeness (QED) is 0.783. The highest BCUT2D eigenvalue weighted by molar-refractivity contribution is 5.80. The van der Waals surface area contributed by atoms with E-state index in [-0.39, 0.29) is 5.41 Å². The summed E-state index contributed by atoms with van der Waals surface area (Å²) < 4.78 is 2.17. The predicted octanol–water partition coefficient (Wildman–Crippen LogP) is 2.67. The van der Waals surface area contributed by atoms with Crippen molar-refractivity contribution in [3.8, 4) is 5.69 Å². The molecule has 0 radical (unpaired) electrons. The first kappa shape index (κ1) is 12.5. The van der Waals surface area contributed by atoms with Gasteiger partial charge in [0.25, 0.3) is 0 Å². The Bertz CT molecular complexity index is 784. The summed E-state index contributed by atoms with van der Waals surface area (Å²) in [4.78, 5) is 8.94. The lowest BCUT2D eigenvalue weighted by molar-refractivity contribution is 0.499. The summed E-state index contributed by atoms with van der Waals surface area (Å²) in [7, 11) is 0. The van der Waals surface area contributed by atoms with Crippen molar-refractivity contribution < 1.29 is 0 Å². The summed E-state index contributed by atoms with van der Waals surface area (Å²) in [6, 6.07) is 10.4. The summed E-state index contributed by atoms with van der Waals surface area (Å²) in [6.45, 7) is 4.37. The lowest BCUT2D eigenvalue weighted by Gasteiger charge is -2.24. The molecule has 106 valence electrons. The largest absolute Gasteiger partial charge is 0.316 e. The minimum absolute atomic E-state index is 0.141. The maximum Gasteiger partial charge on any atom is 0.0994 e. The van der Waals surface area contributed by atoms with Crippen LogP contribution in [0.5, 0.6) is 0 Å². The van der Waals surface area contributed by atoms with Crippen LogP contribution in [0.15, 0.2) is 49.1 Å². The molecule has 1 unspecified atom stereocenters. The highest BCUT2D eigenvalue weighted by Crippen LogP contribution is 2.31. The third kappa shape index (κ3) is 2.03.